The number of hydrogen-bond acceptors (Lipinski definition) is 10. The average Bonchev–Trinajstić information content (AvgIpc) is 2.93. The molecule has 4 rings (SSSR count). The predicted molar refractivity (Wildman–Crippen MR) is 135 cm³/mol. The van der Waals surface area contributed by atoms with Crippen LogP contribution in [0.15, 0.2) is 56.6 Å². The molecule has 39 heavy (non-hydrogen) atoms. The van der Waals surface area contributed by atoms with E-state index in [0.717, 1.165) is 6.07 Å². The van der Waals surface area contributed by atoms with E-state index in [2.05, 4.69) is 0 Å². The second-order valence-corrected chi connectivity index (χ2v) is 9.37. The van der Waals surface area contributed by atoms with Gasteiger partial charge in [-0.15, -0.1) is 0 Å². The van der Waals surface area contributed by atoms with E-state index in [-0.39, 0.29) is 51.0 Å². The van der Waals surface area contributed by atoms with E-state index in [9.17, 15) is 22.0 Å². The van der Waals surface area contributed by atoms with E-state index >= 15 is 0 Å². The van der Waals surface area contributed by atoms with Gasteiger partial charge in [0.2, 0.25) is 16.9 Å². The molecule has 0 amide bonds. The van der Waals surface area contributed by atoms with Crippen LogP contribution in [0.4, 0.5) is 8.78 Å². The summed E-state index contributed by atoms with van der Waals surface area (Å²) in [6, 6.07) is 7.43. The minimum atomic E-state index is -4.87. The summed E-state index contributed by atoms with van der Waals surface area (Å²) in [5.41, 5.74) is -0.871. The third-order valence-corrected chi connectivity index (χ3v) is 6.86. The quantitative estimate of drug-likeness (QED) is 0.268. The van der Waals surface area contributed by atoms with Crippen LogP contribution in [0.25, 0.3) is 22.3 Å². The highest BCUT2D eigenvalue weighted by molar-refractivity contribution is 7.87. The second kappa shape index (κ2) is 10.7. The zero-order chi connectivity index (χ0) is 28.5. The zero-order valence-corrected chi connectivity index (χ0v) is 22.1. The Bertz CT molecular complexity index is 1710. The van der Waals surface area contributed by atoms with E-state index in [1.807, 2.05) is 0 Å². The van der Waals surface area contributed by atoms with Gasteiger partial charge in [0.05, 0.1) is 35.5 Å². The SMILES string of the molecule is COc1cc(OC)c2c(=O)c(OS(=O)(=O)c3ccc(F)c(F)c3)c(-c3cc(OC)c(OC)c(OC)c3)oc2c1. The van der Waals surface area contributed by atoms with Crippen molar-refractivity contribution in [2.24, 2.45) is 0 Å². The summed E-state index contributed by atoms with van der Waals surface area (Å²) in [5, 5.41) is -0.162. The Balaban J connectivity index is 2.07. The minimum Gasteiger partial charge on any atom is -0.496 e. The molecule has 0 aliphatic rings. The number of methoxy groups -OCH3 is 5. The van der Waals surface area contributed by atoms with Crippen molar-refractivity contribution in [1.29, 1.82) is 0 Å². The number of fused-ring (bicyclic) bond motifs is 1. The summed E-state index contributed by atoms with van der Waals surface area (Å²) in [6.45, 7) is 0. The molecular formula is C26H22F2O10S. The van der Waals surface area contributed by atoms with Gasteiger partial charge in [-0.25, -0.2) is 8.78 Å². The Hall–Kier alpha value is -4.52. The standard InChI is InChI=1S/C26H22F2O10S/c1-32-14-10-18(33-2)22-19(11-14)37-24(13-8-20(34-3)25(36-5)21(9-13)35-4)26(23(22)29)38-39(30,31)15-6-7-16(27)17(28)12-15/h6-12H,1-5H3. The van der Waals surface area contributed by atoms with Gasteiger partial charge in [-0.1, -0.05) is 0 Å². The minimum absolute atomic E-state index is 0.00427. The Kier molecular flexibility index (Phi) is 7.54. The third kappa shape index (κ3) is 5.00. The van der Waals surface area contributed by atoms with Crippen molar-refractivity contribution in [1.82, 2.24) is 0 Å². The van der Waals surface area contributed by atoms with Gasteiger partial charge in [0.1, 0.15) is 27.4 Å². The maximum atomic E-state index is 13.8. The van der Waals surface area contributed by atoms with Crippen molar-refractivity contribution in [3.63, 3.8) is 0 Å². The molecule has 3 aromatic carbocycles. The van der Waals surface area contributed by atoms with Crippen molar-refractivity contribution in [2.75, 3.05) is 35.5 Å². The van der Waals surface area contributed by atoms with E-state index in [1.54, 1.807) is 0 Å². The van der Waals surface area contributed by atoms with E-state index in [0.29, 0.717) is 12.1 Å². The first kappa shape index (κ1) is 27.5. The first-order chi connectivity index (χ1) is 18.6. The lowest BCUT2D eigenvalue weighted by Crippen LogP contribution is -2.17. The number of ether oxygens (including phenoxy) is 5. The van der Waals surface area contributed by atoms with Crippen molar-refractivity contribution in [3.8, 4) is 45.8 Å². The molecule has 1 aromatic heterocycles. The summed E-state index contributed by atoms with van der Waals surface area (Å²) in [7, 11) is 1.92. The van der Waals surface area contributed by atoms with E-state index < -0.39 is 37.8 Å². The van der Waals surface area contributed by atoms with Gasteiger partial charge < -0.3 is 32.3 Å². The van der Waals surface area contributed by atoms with Gasteiger partial charge >= 0.3 is 10.1 Å². The Labute approximate surface area is 221 Å². The molecule has 206 valence electrons. The smallest absolute Gasteiger partial charge is 0.339 e. The largest absolute Gasteiger partial charge is 0.496 e. The number of benzene rings is 3. The fourth-order valence-electron chi connectivity index (χ4n) is 3.79. The topological polar surface area (TPSA) is 120 Å². The lowest BCUT2D eigenvalue weighted by Gasteiger charge is -2.16. The molecule has 0 aliphatic carbocycles. The zero-order valence-electron chi connectivity index (χ0n) is 21.3. The van der Waals surface area contributed by atoms with Crippen LogP contribution in [0.1, 0.15) is 0 Å². The van der Waals surface area contributed by atoms with Gasteiger partial charge in [0.25, 0.3) is 0 Å². The van der Waals surface area contributed by atoms with Crippen LogP contribution in [0.5, 0.6) is 34.5 Å². The summed E-state index contributed by atoms with van der Waals surface area (Å²) in [4.78, 5) is 13.0. The first-order valence-electron chi connectivity index (χ1n) is 11.0. The molecule has 4 aromatic rings. The molecule has 0 N–H and O–H groups in total. The van der Waals surface area contributed by atoms with Crippen LogP contribution in [0, 0.1) is 11.6 Å². The Morgan fingerprint density at radius 1 is 0.718 bits per heavy atom. The van der Waals surface area contributed by atoms with Crippen molar-refractivity contribution in [2.45, 2.75) is 4.90 Å². The highest BCUT2D eigenvalue weighted by Crippen LogP contribution is 2.44. The molecule has 1 heterocycles. The van der Waals surface area contributed by atoms with E-state index in [4.69, 9.17) is 32.3 Å². The molecule has 13 heteroatoms. The van der Waals surface area contributed by atoms with Crippen molar-refractivity contribution in [3.05, 3.63) is 64.3 Å². The molecule has 0 saturated carbocycles. The van der Waals surface area contributed by atoms with Gasteiger partial charge in [-0.05, 0) is 30.3 Å². The second-order valence-electron chi connectivity index (χ2n) is 7.82. The fourth-order valence-corrected chi connectivity index (χ4v) is 4.74. The molecule has 0 atom stereocenters. The molecule has 0 aliphatic heterocycles. The fraction of sp³-hybridized carbons (Fsp3) is 0.192. The summed E-state index contributed by atoms with van der Waals surface area (Å²) < 4.78 is 91.4. The average molecular weight is 565 g/mol. The van der Waals surface area contributed by atoms with Crippen LogP contribution in [0.3, 0.4) is 0 Å². The molecule has 10 nitrogen and oxygen atoms in total. The van der Waals surface area contributed by atoms with Gasteiger partial charge in [-0.3, -0.25) is 4.79 Å². The highest BCUT2D eigenvalue weighted by atomic mass is 32.2. The molecular weight excluding hydrogens is 542 g/mol. The maximum Gasteiger partial charge on any atom is 0.339 e. The third-order valence-electron chi connectivity index (χ3n) is 5.65. The summed E-state index contributed by atoms with van der Waals surface area (Å²) >= 11 is 0. The molecule has 0 spiro atoms. The van der Waals surface area contributed by atoms with Crippen molar-refractivity contribution < 1.29 is 49.5 Å². The molecule has 0 saturated heterocycles. The Morgan fingerprint density at radius 2 is 1.36 bits per heavy atom. The van der Waals surface area contributed by atoms with Gasteiger partial charge in [0, 0.05) is 17.7 Å². The highest BCUT2D eigenvalue weighted by Gasteiger charge is 2.29. The summed E-state index contributed by atoms with van der Waals surface area (Å²) in [6.07, 6.45) is 0. The van der Waals surface area contributed by atoms with Gasteiger partial charge in [-0.2, -0.15) is 8.42 Å². The van der Waals surface area contributed by atoms with Crippen LogP contribution in [-0.4, -0.2) is 44.0 Å². The monoisotopic (exact) mass is 564 g/mol. The number of hydrogen-bond donors (Lipinski definition) is 0. The van der Waals surface area contributed by atoms with Crippen LogP contribution in [-0.2, 0) is 10.1 Å². The van der Waals surface area contributed by atoms with Crippen molar-refractivity contribution >= 4 is 21.1 Å². The normalized spacial score (nSPS) is 11.3. The van der Waals surface area contributed by atoms with Gasteiger partial charge in [0.15, 0.2) is 28.9 Å². The van der Waals surface area contributed by atoms with Crippen LogP contribution < -0.4 is 33.3 Å². The predicted octanol–water partition coefficient (Wildman–Crippen LogP) is 4.55. The maximum absolute atomic E-state index is 13.8. The molecule has 0 radical (unpaired) electrons. The summed E-state index contributed by atoms with van der Waals surface area (Å²) in [5.74, 6) is -3.02. The molecule has 0 bridgehead atoms. The molecule has 0 fully saturated rings. The van der Waals surface area contributed by atoms with E-state index in [1.165, 1.54) is 59.8 Å². The lowest BCUT2D eigenvalue weighted by molar-refractivity contribution is 0.324. The lowest BCUT2D eigenvalue weighted by atomic mass is 10.1. The van der Waals surface area contributed by atoms with Crippen LogP contribution in [0.2, 0.25) is 0 Å². The number of rotatable bonds is 9. The van der Waals surface area contributed by atoms with Crippen LogP contribution >= 0.6 is 0 Å². The Morgan fingerprint density at radius 3 is 1.90 bits per heavy atom. The first-order valence-corrected chi connectivity index (χ1v) is 12.4. The molecule has 0 unspecified atom stereocenters. The number of halogens is 2.